The van der Waals surface area contributed by atoms with Gasteiger partial charge in [0, 0.05) is 29.8 Å². The van der Waals surface area contributed by atoms with Crippen molar-refractivity contribution >= 4 is 29.0 Å². The molecule has 0 aliphatic rings. The molecule has 2 heterocycles. The maximum atomic E-state index is 12.9. The number of hydrogen-bond donors (Lipinski definition) is 4. The van der Waals surface area contributed by atoms with Gasteiger partial charge in [-0.15, -0.1) is 11.3 Å². The number of amides is 2. The second-order valence-electron chi connectivity index (χ2n) is 7.43. The van der Waals surface area contributed by atoms with E-state index in [1.807, 2.05) is 0 Å². The minimum absolute atomic E-state index is 0.0137. The summed E-state index contributed by atoms with van der Waals surface area (Å²) in [5.41, 5.74) is 7.56. The average Bonchev–Trinajstić information content (AvgIpc) is 3.42. The zero-order valence-corrected chi connectivity index (χ0v) is 19.3. The molecule has 35 heavy (non-hydrogen) atoms. The number of thiophene rings is 1. The molecule has 9 heteroatoms. The van der Waals surface area contributed by atoms with Crippen molar-refractivity contribution in [2.45, 2.75) is 0 Å². The van der Waals surface area contributed by atoms with Gasteiger partial charge >= 0.3 is 0 Å². The van der Waals surface area contributed by atoms with Gasteiger partial charge in [0.1, 0.15) is 17.4 Å². The first kappa shape index (κ1) is 23.6. The van der Waals surface area contributed by atoms with E-state index in [2.05, 4.69) is 21.7 Å². The van der Waals surface area contributed by atoms with Gasteiger partial charge in [-0.25, -0.2) is 4.98 Å². The Morgan fingerprint density at radius 1 is 1.00 bits per heavy atom. The van der Waals surface area contributed by atoms with E-state index in [4.69, 9.17) is 5.73 Å². The van der Waals surface area contributed by atoms with E-state index in [1.165, 1.54) is 17.4 Å². The van der Waals surface area contributed by atoms with Crippen molar-refractivity contribution in [1.82, 2.24) is 10.3 Å². The number of carbonyl (C=O) groups excluding carboxylic acids is 2. The number of aromatic hydroxyl groups is 1. The third kappa shape index (κ3) is 5.04. The Kier molecular flexibility index (Phi) is 7.16. The molecule has 0 saturated carbocycles. The van der Waals surface area contributed by atoms with Crippen LogP contribution in [0.15, 0.2) is 72.1 Å². The predicted molar refractivity (Wildman–Crippen MR) is 135 cm³/mol. The first-order valence-corrected chi connectivity index (χ1v) is 11.6. The first-order valence-electron chi connectivity index (χ1n) is 10.7. The molecule has 0 unspecified atom stereocenters. The van der Waals surface area contributed by atoms with Crippen molar-refractivity contribution in [3.8, 4) is 34.2 Å². The summed E-state index contributed by atoms with van der Waals surface area (Å²) in [6.45, 7) is 0.572. The molecule has 2 amide bonds. The molecule has 0 atom stereocenters. The number of benzene rings is 2. The monoisotopic (exact) mass is 483 g/mol. The number of phenols is 1. The van der Waals surface area contributed by atoms with Crippen LogP contribution in [0.2, 0.25) is 0 Å². The highest BCUT2D eigenvalue weighted by atomic mass is 32.1. The molecule has 0 spiro atoms. The largest absolute Gasteiger partial charge is 0.507 e. The Balaban J connectivity index is 1.93. The normalized spacial score (nSPS) is 10.4. The van der Waals surface area contributed by atoms with Crippen LogP contribution in [0.1, 0.15) is 25.6 Å². The lowest BCUT2D eigenvalue weighted by Gasteiger charge is -2.16. The number of nitrogens with zero attached hydrogens (tertiary/aromatic N) is 2. The molecular weight excluding hydrogens is 462 g/mol. The van der Waals surface area contributed by atoms with Crippen LogP contribution in [0.4, 0.5) is 5.82 Å². The average molecular weight is 484 g/mol. The summed E-state index contributed by atoms with van der Waals surface area (Å²) < 4.78 is 0. The van der Waals surface area contributed by atoms with E-state index in [0.29, 0.717) is 39.4 Å². The molecule has 0 bridgehead atoms. The van der Waals surface area contributed by atoms with Crippen molar-refractivity contribution in [3.63, 3.8) is 0 Å². The van der Waals surface area contributed by atoms with Crippen LogP contribution in [-0.4, -0.2) is 35.0 Å². The number of para-hydroxylation sites is 1. The van der Waals surface area contributed by atoms with Gasteiger partial charge in [-0.1, -0.05) is 36.4 Å². The second-order valence-corrected chi connectivity index (χ2v) is 8.38. The van der Waals surface area contributed by atoms with Crippen LogP contribution in [-0.2, 0) is 0 Å². The molecule has 4 rings (SSSR count). The predicted octanol–water partition coefficient (Wildman–Crippen LogP) is 4.00. The Hall–Kier alpha value is -4.52. The smallest absolute Gasteiger partial charge is 0.266 e. The van der Waals surface area contributed by atoms with Crippen molar-refractivity contribution in [1.29, 1.82) is 5.26 Å². The van der Waals surface area contributed by atoms with Crippen LogP contribution in [0.25, 0.3) is 22.4 Å². The first-order chi connectivity index (χ1) is 17.0. The zero-order valence-electron chi connectivity index (χ0n) is 18.5. The number of rotatable bonds is 7. The molecule has 0 fully saturated rings. The summed E-state index contributed by atoms with van der Waals surface area (Å²) in [5, 5.41) is 27.8. The Bertz CT molecular complexity index is 1430. The summed E-state index contributed by atoms with van der Waals surface area (Å²) in [6.07, 6.45) is 0. The van der Waals surface area contributed by atoms with Gasteiger partial charge in [-0.3, -0.25) is 9.59 Å². The second kappa shape index (κ2) is 10.6. The Morgan fingerprint density at radius 2 is 1.74 bits per heavy atom. The van der Waals surface area contributed by atoms with Crippen molar-refractivity contribution in [3.05, 3.63) is 88.1 Å². The number of carbonyl (C=O) groups is 2. The molecule has 0 aliphatic carbocycles. The maximum Gasteiger partial charge on any atom is 0.266 e. The Morgan fingerprint density at radius 3 is 2.43 bits per heavy atom. The van der Waals surface area contributed by atoms with Gasteiger partial charge in [-0.05, 0) is 41.3 Å². The van der Waals surface area contributed by atoms with Gasteiger partial charge in [0.05, 0.1) is 10.6 Å². The summed E-state index contributed by atoms with van der Waals surface area (Å²) >= 11 is 1.26. The zero-order chi connectivity index (χ0) is 24.8. The topological polar surface area (TPSA) is 141 Å². The minimum atomic E-state index is -0.418. The number of aromatic nitrogens is 1. The quantitative estimate of drug-likeness (QED) is 0.313. The lowest BCUT2D eigenvalue weighted by Crippen LogP contribution is -2.29. The summed E-state index contributed by atoms with van der Waals surface area (Å²) in [4.78, 5) is 30.6. The fourth-order valence-electron chi connectivity index (χ4n) is 3.56. The third-order valence-corrected chi connectivity index (χ3v) is 6.05. The number of nitrogens with one attached hydrogen (secondary N) is 2. The molecule has 0 radical (unpaired) electrons. The van der Waals surface area contributed by atoms with Gasteiger partial charge in [0.15, 0.2) is 5.82 Å². The minimum Gasteiger partial charge on any atom is -0.507 e. The lowest BCUT2D eigenvalue weighted by molar-refractivity contribution is 0.0954. The van der Waals surface area contributed by atoms with E-state index in [1.54, 1.807) is 66.0 Å². The van der Waals surface area contributed by atoms with E-state index >= 15 is 0 Å². The number of nitrogens with two attached hydrogens (primary N) is 1. The molecule has 2 aromatic carbocycles. The Labute approximate surface area is 205 Å². The van der Waals surface area contributed by atoms with Crippen LogP contribution in [0, 0.1) is 11.3 Å². The molecular formula is C26H21N5O3S. The fraction of sp³-hybridized carbons (Fsp3) is 0.0769. The van der Waals surface area contributed by atoms with Gasteiger partial charge in [0.25, 0.3) is 11.8 Å². The molecule has 5 N–H and O–H groups in total. The van der Waals surface area contributed by atoms with Gasteiger partial charge in [0.2, 0.25) is 0 Å². The van der Waals surface area contributed by atoms with Crippen molar-refractivity contribution in [2.75, 3.05) is 18.4 Å². The molecule has 4 aromatic rings. The van der Waals surface area contributed by atoms with E-state index < -0.39 is 5.91 Å². The number of anilines is 1. The summed E-state index contributed by atoms with van der Waals surface area (Å²) in [6, 6.07) is 20.6. The molecule has 2 aromatic heterocycles. The lowest BCUT2D eigenvalue weighted by atomic mass is 9.94. The third-order valence-electron chi connectivity index (χ3n) is 5.18. The number of nitriles is 1. The van der Waals surface area contributed by atoms with Crippen LogP contribution >= 0.6 is 11.3 Å². The highest BCUT2D eigenvalue weighted by Gasteiger charge is 2.22. The van der Waals surface area contributed by atoms with Crippen molar-refractivity contribution < 1.29 is 14.7 Å². The van der Waals surface area contributed by atoms with Gasteiger partial charge in [-0.2, -0.15) is 5.26 Å². The van der Waals surface area contributed by atoms with Gasteiger partial charge < -0.3 is 21.5 Å². The molecule has 0 aliphatic heterocycles. The van der Waals surface area contributed by atoms with E-state index in [0.717, 1.165) is 0 Å². The molecule has 0 saturated heterocycles. The number of pyridine rings is 1. The summed E-state index contributed by atoms with van der Waals surface area (Å²) in [7, 11) is 0. The molecule has 174 valence electrons. The fourth-order valence-corrected chi connectivity index (χ4v) is 4.18. The highest BCUT2D eigenvalue weighted by Crippen LogP contribution is 2.36. The van der Waals surface area contributed by atoms with Crippen LogP contribution in [0.5, 0.6) is 5.75 Å². The van der Waals surface area contributed by atoms with Crippen LogP contribution < -0.4 is 16.4 Å². The van der Waals surface area contributed by atoms with E-state index in [9.17, 15) is 20.0 Å². The maximum absolute atomic E-state index is 12.9. The molecule has 8 nitrogen and oxygen atoms in total. The van der Waals surface area contributed by atoms with Crippen LogP contribution in [0.3, 0.4) is 0 Å². The number of phenolic OH excluding ortho intramolecular Hbond substituents is 1. The SMILES string of the molecule is N#Cc1c(-c2ccccc2C(=O)NCCN)cc(-c2ccccc2O)nc1NC(=O)c1cccs1. The standard InChI is InChI=1S/C26H21N5O3S/c27-11-12-29-25(33)17-7-2-1-6-16(17)19-14-21(18-8-3-4-9-22(18)32)30-24(20(19)15-28)31-26(34)23-10-5-13-35-23/h1-10,13-14,32H,11-12,27H2,(H,29,33)(H,30,31,34). The highest BCUT2D eigenvalue weighted by molar-refractivity contribution is 7.12. The summed E-state index contributed by atoms with van der Waals surface area (Å²) in [5.74, 6) is -0.752. The van der Waals surface area contributed by atoms with E-state index in [-0.39, 0.29) is 29.6 Å². The number of hydrogen-bond acceptors (Lipinski definition) is 7. The van der Waals surface area contributed by atoms with Crippen molar-refractivity contribution in [2.24, 2.45) is 5.73 Å².